The molecule has 0 aromatic rings. The SMILES string of the molecule is C#CC#CC1CC1. The predicted octanol–water partition coefficient (Wildman–Crippen LogP) is 1.03. The molecule has 0 unspecified atom stereocenters. The summed E-state index contributed by atoms with van der Waals surface area (Å²) in [5.74, 6) is 8.44. The van der Waals surface area contributed by atoms with Crippen molar-refractivity contribution >= 4 is 0 Å². The van der Waals surface area contributed by atoms with E-state index in [0.717, 1.165) is 0 Å². The second-order valence-electron chi connectivity index (χ2n) is 1.69. The monoisotopic (exact) mass is 90.0 g/mol. The summed E-state index contributed by atoms with van der Waals surface area (Å²) < 4.78 is 0. The van der Waals surface area contributed by atoms with Crippen LogP contribution < -0.4 is 0 Å². The molecule has 7 heavy (non-hydrogen) atoms. The molecule has 1 aliphatic rings. The van der Waals surface area contributed by atoms with Gasteiger partial charge < -0.3 is 0 Å². The molecule has 1 aliphatic carbocycles. The van der Waals surface area contributed by atoms with Gasteiger partial charge in [-0.3, -0.25) is 0 Å². The standard InChI is InChI=1S/C7H6/c1-2-3-4-7-5-6-7/h1,7H,5-6H2. The molecule has 0 spiro atoms. The van der Waals surface area contributed by atoms with Gasteiger partial charge in [0.1, 0.15) is 0 Å². The fraction of sp³-hybridized carbons (Fsp3) is 0.429. The van der Waals surface area contributed by atoms with Gasteiger partial charge >= 0.3 is 0 Å². The first-order valence-electron chi connectivity index (χ1n) is 2.39. The van der Waals surface area contributed by atoms with Gasteiger partial charge in [-0.25, -0.2) is 0 Å². The van der Waals surface area contributed by atoms with E-state index in [2.05, 4.69) is 17.8 Å². The normalized spacial score (nSPS) is 16.4. The Morgan fingerprint density at radius 2 is 2.14 bits per heavy atom. The summed E-state index contributed by atoms with van der Waals surface area (Å²) in [6, 6.07) is 0. The highest BCUT2D eigenvalue weighted by Crippen LogP contribution is 2.27. The second-order valence-corrected chi connectivity index (χ2v) is 1.69. The molecule has 0 heterocycles. The smallest absolute Gasteiger partial charge is 0.0214 e. The zero-order valence-electron chi connectivity index (χ0n) is 4.07. The van der Waals surface area contributed by atoms with Gasteiger partial charge in [0.05, 0.1) is 0 Å². The minimum absolute atomic E-state index is 0.649. The minimum atomic E-state index is 0.649. The molecule has 0 amide bonds. The molecule has 34 valence electrons. The van der Waals surface area contributed by atoms with E-state index in [9.17, 15) is 0 Å². The molecule has 0 atom stereocenters. The lowest BCUT2D eigenvalue weighted by molar-refractivity contribution is 1.18. The second kappa shape index (κ2) is 1.71. The molecule has 1 fully saturated rings. The maximum Gasteiger partial charge on any atom is 0.0214 e. The predicted molar refractivity (Wildman–Crippen MR) is 29.3 cm³/mol. The van der Waals surface area contributed by atoms with Crippen molar-refractivity contribution in [3.63, 3.8) is 0 Å². The van der Waals surface area contributed by atoms with E-state index in [4.69, 9.17) is 6.42 Å². The maximum atomic E-state index is 4.88. The van der Waals surface area contributed by atoms with E-state index >= 15 is 0 Å². The number of rotatable bonds is 0. The van der Waals surface area contributed by atoms with Crippen LogP contribution in [0.3, 0.4) is 0 Å². The fourth-order valence-electron chi connectivity index (χ4n) is 0.371. The Balaban J connectivity index is 2.33. The lowest BCUT2D eigenvalue weighted by Crippen LogP contribution is -1.58. The first kappa shape index (κ1) is 4.28. The van der Waals surface area contributed by atoms with Crippen LogP contribution in [0.2, 0.25) is 0 Å². The first-order valence-corrected chi connectivity index (χ1v) is 2.39. The molecule has 0 N–H and O–H groups in total. The third kappa shape index (κ3) is 1.33. The van der Waals surface area contributed by atoms with Crippen molar-refractivity contribution < 1.29 is 0 Å². The van der Waals surface area contributed by atoms with Gasteiger partial charge in [0, 0.05) is 5.92 Å². The van der Waals surface area contributed by atoms with Gasteiger partial charge in [0.15, 0.2) is 0 Å². The van der Waals surface area contributed by atoms with Gasteiger partial charge in [-0.1, -0.05) is 5.92 Å². The van der Waals surface area contributed by atoms with Gasteiger partial charge in [-0.05, 0) is 24.7 Å². The van der Waals surface area contributed by atoms with E-state index < -0.39 is 0 Å². The highest BCUT2D eigenvalue weighted by molar-refractivity contribution is 5.24. The molecule has 0 radical (unpaired) electrons. The van der Waals surface area contributed by atoms with Gasteiger partial charge in [-0.15, -0.1) is 6.42 Å². The van der Waals surface area contributed by atoms with Crippen LogP contribution in [0.15, 0.2) is 0 Å². The molecule has 0 nitrogen and oxygen atoms in total. The average Bonchev–Trinajstić information content (AvgIpc) is 2.42. The van der Waals surface area contributed by atoms with E-state index in [1.807, 2.05) is 0 Å². The molecule has 0 aliphatic heterocycles. The highest BCUT2D eigenvalue weighted by atomic mass is 14.2. The Morgan fingerprint density at radius 1 is 1.43 bits per heavy atom. The van der Waals surface area contributed by atoms with Gasteiger partial charge in [0.2, 0.25) is 0 Å². The molecule has 0 bridgehead atoms. The van der Waals surface area contributed by atoms with Crippen molar-refractivity contribution in [1.82, 2.24) is 0 Å². The number of terminal acetylenes is 1. The minimum Gasteiger partial charge on any atom is -0.106 e. The first-order chi connectivity index (χ1) is 3.43. The summed E-state index contributed by atoms with van der Waals surface area (Å²) in [4.78, 5) is 0. The van der Waals surface area contributed by atoms with Crippen LogP contribution in [0.5, 0.6) is 0 Å². The van der Waals surface area contributed by atoms with E-state index in [0.29, 0.717) is 5.92 Å². The maximum absolute atomic E-state index is 4.88. The van der Waals surface area contributed by atoms with Crippen molar-refractivity contribution in [2.45, 2.75) is 12.8 Å². The van der Waals surface area contributed by atoms with Crippen LogP contribution in [-0.4, -0.2) is 0 Å². The van der Waals surface area contributed by atoms with E-state index in [-0.39, 0.29) is 0 Å². The summed E-state index contributed by atoms with van der Waals surface area (Å²) in [6.07, 6.45) is 7.40. The lowest BCUT2D eigenvalue weighted by atomic mass is 10.4. The Labute approximate surface area is 43.9 Å². The van der Waals surface area contributed by atoms with Crippen LogP contribution in [0, 0.1) is 30.1 Å². The summed E-state index contributed by atoms with van der Waals surface area (Å²) in [5, 5.41) is 0. The molecule has 0 saturated heterocycles. The fourth-order valence-corrected chi connectivity index (χ4v) is 0.371. The quantitative estimate of drug-likeness (QED) is 0.390. The van der Waals surface area contributed by atoms with Crippen LogP contribution in [0.25, 0.3) is 0 Å². The summed E-state index contributed by atoms with van der Waals surface area (Å²) >= 11 is 0. The molecule has 1 saturated carbocycles. The summed E-state index contributed by atoms with van der Waals surface area (Å²) in [6.45, 7) is 0. The largest absolute Gasteiger partial charge is 0.106 e. The Kier molecular flexibility index (Phi) is 1.05. The summed E-state index contributed by atoms with van der Waals surface area (Å²) in [5.41, 5.74) is 0. The van der Waals surface area contributed by atoms with Crippen molar-refractivity contribution in [3.8, 4) is 24.2 Å². The molecular weight excluding hydrogens is 84.1 g/mol. The van der Waals surface area contributed by atoms with Crippen LogP contribution in [-0.2, 0) is 0 Å². The Hall–Kier alpha value is -0.880. The number of hydrogen-bond donors (Lipinski definition) is 0. The third-order valence-corrected chi connectivity index (χ3v) is 0.926. The zero-order valence-corrected chi connectivity index (χ0v) is 4.07. The molecule has 0 heteroatoms. The van der Waals surface area contributed by atoms with E-state index in [1.165, 1.54) is 12.8 Å². The lowest BCUT2D eigenvalue weighted by Gasteiger charge is -1.62. The van der Waals surface area contributed by atoms with E-state index in [1.54, 1.807) is 0 Å². The average molecular weight is 90.1 g/mol. The molecular formula is C7H6. The Bertz CT molecular complexity index is 145. The highest BCUT2D eigenvalue weighted by Gasteiger charge is 2.17. The third-order valence-electron chi connectivity index (χ3n) is 0.926. The van der Waals surface area contributed by atoms with Crippen molar-refractivity contribution in [2.75, 3.05) is 0 Å². The number of hydrogen-bond acceptors (Lipinski definition) is 0. The molecule has 1 rings (SSSR count). The van der Waals surface area contributed by atoms with Crippen LogP contribution in [0.4, 0.5) is 0 Å². The molecule has 0 aromatic carbocycles. The topological polar surface area (TPSA) is 0 Å². The molecule has 0 aromatic heterocycles. The van der Waals surface area contributed by atoms with Crippen molar-refractivity contribution in [1.29, 1.82) is 0 Å². The summed E-state index contributed by atoms with van der Waals surface area (Å²) in [7, 11) is 0. The van der Waals surface area contributed by atoms with Gasteiger partial charge in [-0.2, -0.15) is 0 Å². The van der Waals surface area contributed by atoms with Crippen molar-refractivity contribution in [2.24, 2.45) is 5.92 Å². The zero-order chi connectivity index (χ0) is 5.11. The van der Waals surface area contributed by atoms with Crippen molar-refractivity contribution in [3.05, 3.63) is 0 Å². The van der Waals surface area contributed by atoms with Crippen LogP contribution in [0.1, 0.15) is 12.8 Å². The Morgan fingerprint density at radius 3 is 2.57 bits per heavy atom. The van der Waals surface area contributed by atoms with Gasteiger partial charge in [0.25, 0.3) is 0 Å². The van der Waals surface area contributed by atoms with Crippen LogP contribution >= 0.6 is 0 Å².